The molecule has 0 bridgehead atoms. The second-order valence-electron chi connectivity index (χ2n) is 5.36. The van der Waals surface area contributed by atoms with Gasteiger partial charge in [0, 0.05) is 19.6 Å². The molecule has 1 saturated heterocycles. The third kappa shape index (κ3) is 4.63. The van der Waals surface area contributed by atoms with Gasteiger partial charge >= 0.3 is 0 Å². The number of ether oxygens (including phenoxy) is 2. The number of nitrogens with one attached hydrogen (secondary N) is 2. The second kappa shape index (κ2) is 7.56. The number of sulfone groups is 1. The minimum atomic E-state index is -2.90. The van der Waals surface area contributed by atoms with Gasteiger partial charge in [-0.25, -0.2) is 8.42 Å². The third-order valence-corrected chi connectivity index (χ3v) is 5.46. The lowest BCUT2D eigenvalue weighted by atomic mass is 10.2. The minimum absolute atomic E-state index is 0. The van der Waals surface area contributed by atoms with E-state index in [0.717, 1.165) is 17.1 Å². The minimum Gasteiger partial charge on any atom is -0.454 e. The van der Waals surface area contributed by atoms with Gasteiger partial charge < -0.3 is 20.1 Å². The van der Waals surface area contributed by atoms with Crippen molar-refractivity contribution in [3.63, 3.8) is 0 Å². The van der Waals surface area contributed by atoms with Crippen LogP contribution in [-0.2, 0) is 16.4 Å². The first kappa shape index (κ1) is 18.1. The van der Waals surface area contributed by atoms with Crippen LogP contribution in [0.3, 0.4) is 0 Å². The lowest BCUT2D eigenvalue weighted by molar-refractivity contribution is 0.174. The van der Waals surface area contributed by atoms with E-state index in [0.29, 0.717) is 18.9 Å². The van der Waals surface area contributed by atoms with Crippen molar-refractivity contribution in [2.45, 2.75) is 19.0 Å². The molecule has 7 nitrogen and oxygen atoms in total. The van der Waals surface area contributed by atoms with Crippen LogP contribution in [0.5, 0.6) is 11.5 Å². The van der Waals surface area contributed by atoms with E-state index in [1.165, 1.54) is 0 Å². The smallest absolute Gasteiger partial charge is 0.231 e. The lowest BCUT2D eigenvalue weighted by Gasteiger charge is -2.16. The van der Waals surface area contributed by atoms with Crippen molar-refractivity contribution in [3.8, 4) is 11.5 Å². The van der Waals surface area contributed by atoms with Crippen LogP contribution >= 0.6 is 24.0 Å². The molecule has 3 rings (SSSR count). The molecule has 0 amide bonds. The largest absolute Gasteiger partial charge is 0.454 e. The first-order chi connectivity index (χ1) is 10.6. The molecular formula is C14H20IN3O4S. The fraction of sp³-hybridized carbons (Fsp3) is 0.500. The van der Waals surface area contributed by atoms with E-state index in [2.05, 4.69) is 15.6 Å². The van der Waals surface area contributed by atoms with Crippen molar-refractivity contribution in [2.75, 3.05) is 25.3 Å². The predicted octanol–water partition coefficient (Wildman–Crippen LogP) is 0.885. The summed E-state index contributed by atoms with van der Waals surface area (Å²) in [6.45, 7) is 0.821. The molecule has 2 heterocycles. The van der Waals surface area contributed by atoms with Crippen LogP contribution < -0.4 is 20.1 Å². The van der Waals surface area contributed by atoms with E-state index in [4.69, 9.17) is 9.47 Å². The van der Waals surface area contributed by atoms with E-state index in [1.807, 2.05) is 18.2 Å². The first-order valence-electron chi connectivity index (χ1n) is 7.12. The number of aliphatic imine (C=N–C) groups is 1. The van der Waals surface area contributed by atoms with E-state index in [-0.39, 0.29) is 48.3 Å². The maximum absolute atomic E-state index is 11.5. The van der Waals surface area contributed by atoms with Crippen LogP contribution in [0, 0.1) is 0 Å². The molecule has 2 aliphatic rings. The number of halogens is 1. The average Bonchev–Trinajstić information content (AvgIpc) is 3.08. The number of nitrogens with zero attached hydrogens (tertiary/aromatic N) is 1. The van der Waals surface area contributed by atoms with Crippen molar-refractivity contribution < 1.29 is 17.9 Å². The summed E-state index contributed by atoms with van der Waals surface area (Å²) in [4.78, 5) is 4.13. The Kier molecular flexibility index (Phi) is 5.95. The quantitative estimate of drug-likeness (QED) is 0.402. The fourth-order valence-electron chi connectivity index (χ4n) is 2.53. The molecule has 2 N–H and O–H groups in total. The van der Waals surface area contributed by atoms with Crippen LogP contribution in [0.15, 0.2) is 23.2 Å². The highest BCUT2D eigenvalue weighted by Gasteiger charge is 2.28. The number of hydrogen-bond acceptors (Lipinski definition) is 5. The second-order valence-corrected chi connectivity index (χ2v) is 7.59. The van der Waals surface area contributed by atoms with E-state index in [9.17, 15) is 8.42 Å². The number of rotatable bonds is 3. The van der Waals surface area contributed by atoms with Crippen molar-refractivity contribution in [2.24, 2.45) is 4.99 Å². The average molecular weight is 453 g/mol. The molecule has 128 valence electrons. The molecule has 23 heavy (non-hydrogen) atoms. The van der Waals surface area contributed by atoms with Gasteiger partial charge in [0.25, 0.3) is 0 Å². The van der Waals surface area contributed by atoms with Gasteiger partial charge in [-0.2, -0.15) is 0 Å². The summed E-state index contributed by atoms with van der Waals surface area (Å²) in [5, 5.41) is 6.33. The van der Waals surface area contributed by atoms with Crippen molar-refractivity contribution >= 4 is 39.8 Å². The van der Waals surface area contributed by atoms with E-state index < -0.39 is 9.84 Å². The Bertz CT molecular complexity index is 693. The first-order valence-corrected chi connectivity index (χ1v) is 8.94. The van der Waals surface area contributed by atoms with Crippen LogP contribution in [0.4, 0.5) is 0 Å². The number of benzene rings is 1. The SMILES string of the molecule is CN=C(NCc1ccc2c(c1)OCO2)NC1CCS(=O)(=O)C1.I. The lowest BCUT2D eigenvalue weighted by Crippen LogP contribution is -2.43. The molecule has 0 spiro atoms. The van der Waals surface area contributed by atoms with Gasteiger partial charge in [-0.3, -0.25) is 4.99 Å². The summed E-state index contributed by atoms with van der Waals surface area (Å²) < 4.78 is 33.6. The predicted molar refractivity (Wildman–Crippen MR) is 98.4 cm³/mol. The molecule has 9 heteroatoms. The standard InChI is InChI=1S/C14H19N3O4S.HI/c1-15-14(17-11-4-5-22(18,19)8-11)16-7-10-2-3-12-13(6-10)21-9-20-12;/h2-3,6,11H,4-5,7-9H2,1H3,(H2,15,16,17);1H. The fourth-order valence-corrected chi connectivity index (χ4v) is 4.21. The van der Waals surface area contributed by atoms with Crippen LogP contribution in [0.1, 0.15) is 12.0 Å². The van der Waals surface area contributed by atoms with E-state index in [1.54, 1.807) is 7.05 Å². The normalized spacial score (nSPS) is 21.6. The maximum atomic E-state index is 11.5. The highest BCUT2D eigenvalue weighted by molar-refractivity contribution is 14.0. The molecule has 2 aliphatic heterocycles. The molecule has 1 fully saturated rings. The molecule has 0 aliphatic carbocycles. The van der Waals surface area contributed by atoms with Crippen molar-refractivity contribution in [3.05, 3.63) is 23.8 Å². The summed E-state index contributed by atoms with van der Waals surface area (Å²) in [7, 11) is -1.23. The Hall–Kier alpha value is -1.23. The van der Waals surface area contributed by atoms with Crippen molar-refractivity contribution in [1.82, 2.24) is 10.6 Å². The van der Waals surface area contributed by atoms with Gasteiger partial charge in [0.15, 0.2) is 27.3 Å². The molecule has 0 aromatic heterocycles. The molecular weight excluding hydrogens is 433 g/mol. The monoisotopic (exact) mass is 453 g/mol. The Morgan fingerprint density at radius 3 is 2.83 bits per heavy atom. The molecule has 0 saturated carbocycles. The molecule has 0 radical (unpaired) electrons. The zero-order chi connectivity index (χ0) is 15.6. The topological polar surface area (TPSA) is 89.0 Å². The highest BCUT2D eigenvalue weighted by Crippen LogP contribution is 2.32. The Labute approximate surface area is 152 Å². The van der Waals surface area contributed by atoms with Gasteiger partial charge in [-0.05, 0) is 24.1 Å². The summed E-state index contributed by atoms with van der Waals surface area (Å²) in [6, 6.07) is 5.67. The number of hydrogen-bond donors (Lipinski definition) is 2. The summed E-state index contributed by atoms with van der Waals surface area (Å²) in [6.07, 6.45) is 0.618. The van der Waals surface area contributed by atoms with Gasteiger partial charge in [-0.1, -0.05) is 6.07 Å². The Morgan fingerprint density at radius 2 is 2.13 bits per heavy atom. The Balaban J connectivity index is 0.00000192. The van der Waals surface area contributed by atoms with Crippen LogP contribution in [0.2, 0.25) is 0 Å². The Morgan fingerprint density at radius 1 is 1.35 bits per heavy atom. The van der Waals surface area contributed by atoms with Gasteiger partial charge in [0.05, 0.1) is 11.5 Å². The molecule has 1 unspecified atom stereocenters. The van der Waals surface area contributed by atoms with Crippen LogP contribution in [-0.4, -0.2) is 45.8 Å². The van der Waals surface area contributed by atoms with Crippen LogP contribution in [0.25, 0.3) is 0 Å². The molecule has 1 aromatic carbocycles. The van der Waals surface area contributed by atoms with Gasteiger partial charge in [-0.15, -0.1) is 24.0 Å². The summed E-state index contributed by atoms with van der Waals surface area (Å²) >= 11 is 0. The van der Waals surface area contributed by atoms with Gasteiger partial charge in [0.1, 0.15) is 0 Å². The third-order valence-electron chi connectivity index (χ3n) is 3.69. The maximum Gasteiger partial charge on any atom is 0.231 e. The van der Waals surface area contributed by atoms with E-state index >= 15 is 0 Å². The highest BCUT2D eigenvalue weighted by atomic mass is 127. The number of guanidine groups is 1. The van der Waals surface area contributed by atoms with Gasteiger partial charge in [0.2, 0.25) is 6.79 Å². The van der Waals surface area contributed by atoms with Crippen molar-refractivity contribution in [1.29, 1.82) is 0 Å². The zero-order valence-electron chi connectivity index (χ0n) is 12.7. The zero-order valence-corrected chi connectivity index (χ0v) is 15.9. The number of fused-ring (bicyclic) bond motifs is 1. The summed E-state index contributed by atoms with van der Waals surface area (Å²) in [5.41, 5.74) is 1.03. The molecule has 1 aromatic rings. The molecule has 1 atom stereocenters. The summed E-state index contributed by atoms with van der Waals surface area (Å²) in [5.74, 6) is 2.49.